The highest BCUT2D eigenvalue weighted by Crippen LogP contribution is 2.29. The third-order valence-electron chi connectivity index (χ3n) is 3.02. The SMILES string of the molecule is Cc1cc(C)nc(C2CCCN2CC(N)=O)n1. The summed E-state index contributed by atoms with van der Waals surface area (Å²) in [6.07, 6.45) is 2.06. The molecular weight excluding hydrogens is 216 g/mol. The number of amides is 1. The van der Waals surface area contributed by atoms with Gasteiger partial charge in [0.2, 0.25) is 5.91 Å². The van der Waals surface area contributed by atoms with Gasteiger partial charge < -0.3 is 5.73 Å². The molecule has 0 radical (unpaired) electrons. The summed E-state index contributed by atoms with van der Waals surface area (Å²) in [5, 5.41) is 0. The first-order chi connectivity index (χ1) is 8.06. The molecule has 1 amide bonds. The Balaban J connectivity index is 2.22. The van der Waals surface area contributed by atoms with Crippen molar-refractivity contribution < 1.29 is 4.79 Å². The lowest BCUT2D eigenvalue weighted by atomic mass is 10.2. The van der Waals surface area contributed by atoms with Crippen molar-refractivity contribution >= 4 is 5.91 Å². The molecule has 2 rings (SSSR count). The molecule has 2 N–H and O–H groups in total. The maximum Gasteiger partial charge on any atom is 0.231 e. The number of hydrogen-bond acceptors (Lipinski definition) is 4. The maximum absolute atomic E-state index is 11.0. The van der Waals surface area contributed by atoms with Gasteiger partial charge in [0.05, 0.1) is 12.6 Å². The fraction of sp³-hybridized carbons (Fsp3) is 0.583. The lowest BCUT2D eigenvalue weighted by Gasteiger charge is -2.22. The number of hydrogen-bond donors (Lipinski definition) is 1. The van der Waals surface area contributed by atoms with Crippen molar-refractivity contribution in [3.63, 3.8) is 0 Å². The van der Waals surface area contributed by atoms with Gasteiger partial charge in [-0.25, -0.2) is 9.97 Å². The van der Waals surface area contributed by atoms with Gasteiger partial charge in [-0.3, -0.25) is 9.69 Å². The fourth-order valence-electron chi connectivity index (χ4n) is 2.41. The van der Waals surface area contributed by atoms with Crippen molar-refractivity contribution in [1.29, 1.82) is 0 Å². The molecule has 0 bridgehead atoms. The van der Waals surface area contributed by atoms with E-state index in [0.717, 1.165) is 36.6 Å². The van der Waals surface area contributed by atoms with Gasteiger partial charge in [-0.2, -0.15) is 0 Å². The zero-order valence-corrected chi connectivity index (χ0v) is 10.3. The molecule has 1 aliphatic heterocycles. The first-order valence-electron chi connectivity index (χ1n) is 5.91. The Morgan fingerprint density at radius 1 is 1.47 bits per heavy atom. The molecule has 1 fully saturated rings. The molecule has 17 heavy (non-hydrogen) atoms. The molecule has 1 atom stereocenters. The first kappa shape index (κ1) is 12.0. The number of rotatable bonds is 3. The van der Waals surface area contributed by atoms with Gasteiger partial charge in [0, 0.05) is 11.4 Å². The van der Waals surface area contributed by atoms with Crippen molar-refractivity contribution in [2.75, 3.05) is 13.1 Å². The Morgan fingerprint density at radius 2 is 2.12 bits per heavy atom. The third kappa shape index (κ3) is 2.79. The summed E-state index contributed by atoms with van der Waals surface area (Å²) in [6.45, 7) is 5.11. The maximum atomic E-state index is 11.0. The highest BCUT2D eigenvalue weighted by atomic mass is 16.1. The van der Waals surface area contributed by atoms with E-state index in [2.05, 4.69) is 14.9 Å². The standard InChI is InChI=1S/C12H18N4O/c1-8-6-9(2)15-12(14-8)10-4-3-5-16(10)7-11(13)17/h6,10H,3-5,7H2,1-2H3,(H2,13,17). The van der Waals surface area contributed by atoms with Gasteiger partial charge in [-0.15, -0.1) is 0 Å². The van der Waals surface area contributed by atoms with E-state index in [4.69, 9.17) is 5.73 Å². The van der Waals surface area contributed by atoms with Gasteiger partial charge in [0.25, 0.3) is 0 Å². The summed E-state index contributed by atoms with van der Waals surface area (Å²) >= 11 is 0. The van der Waals surface area contributed by atoms with Crippen LogP contribution in [0.15, 0.2) is 6.07 Å². The van der Waals surface area contributed by atoms with Crippen LogP contribution in [0.4, 0.5) is 0 Å². The smallest absolute Gasteiger partial charge is 0.231 e. The topological polar surface area (TPSA) is 72.1 Å². The summed E-state index contributed by atoms with van der Waals surface area (Å²) in [7, 11) is 0. The molecule has 1 aromatic rings. The molecule has 0 saturated carbocycles. The number of nitrogens with zero attached hydrogens (tertiary/aromatic N) is 3. The van der Waals surface area contributed by atoms with Gasteiger partial charge in [0.1, 0.15) is 5.82 Å². The van der Waals surface area contributed by atoms with E-state index in [1.54, 1.807) is 0 Å². The molecule has 5 heteroatoms. The molecule has 92 valence electrons. The molecule has 0 spiro atoms. The van der Waals surface area contributed by atoms with E-state index in [1.165, 1.54) is 0 Å². The molecular formula is C12H18N4O. The van der Waals surface area contributed by atoms with Gasteiger partial charge >= 0.3 is 0 Å². The summed E-state index contributed by atoms with van der Waals surface area (Å²) < 4.78 is 0. The lowest BCUT2D eigenvalue weighted by molar-refractivity contribution is -0.119. The van der Waals surface area contributed by atoms with E-state index in [9.17, 15) is 4.79 Å². The molecule has 1 unspecified atom stereocenters. The highest BCUT2D eigenvalue weighted by molar-refractivity contribution is 5.76. The Bertz CT molecular complexity index is 412. The average molecular weight is 234 g/mol. The largest absolute Gasteiger partial charge is 0.369 e. The molecule has 0 aliphatic carbocycles. The van der Waals surface area contributed by atoms with Crippen molar-refractivity contribution in [2.24, 2.45) is 5.73 Å². The van der Waals surface area contributed by atoms with Crippen LogP contribution in [-0.4, -0.2) is 33.9 Å². The van der Waals surface area contributed by atoms with Crippen LogP contribution in [0.2, 0.25) is 0 Å². The van der Waals surface area contributed by atoms with E-state index >= 15 is 0 Å². The van der Waals surface area contributed by atoms with Crippen LogP contribution in [0.25, 0.3) is 0 Å². The lowest BCUT2D eigenvalue weighted by Crippen LogP contribution is -2.34. The number of carbonyl (C=O) groups is 1. The zero-order valence-electron chi connectivity index (χ0n) is 10.3. The van der Waals surface area contributed by atoms with Crippen molar-refractivity contribution in [2.45, 2.75) is 32.7 Å². The molecule has 5 nitrogen and oxygen atoms in total. The van der Waals surface area contributed by atoms with Crippen LogP contribution in [0.1, 0.15) is 36.1 Å². The van der Waals surface area contributed by atoms with E-state index < -0.39 is 0 Å². The number of aromatic nitrogens is 2. The minimum atomic E-state index is -0.290. The summed E-state index contributed by atoms with van der Waals surface area (Å²) in [5.41, 5.74) is 7.19. The van der Waals surface area contributed by atoms with Gasteiger partial charge in [-0.05, 0) is 39.3 Å². The molecule has 0 aromatic carbocycles. The highest BCUT2D eigenvalue weighted by Gasteiger charge is 2.29. The van der Waals surface area contributed by atoms with Gasteiger partial charge in [0.15, 0.2) is 0 Å². The second-order valence-corrected chi connectivity index (χ2v) is 4.60. The fourth-order valence-corrected chi connectivity index (χ4v) is 2.41. The first-order valence-corrected chi connectivity index (χ1v) is 5.91. The zero-order chi connectivity index (χ0) is 12.4. The third-order valence-corrected chi connectivity index (χ3v) is 3.02. The van der Waals surface area contributed by atoms with Crippen LogP contribution in [0, 0.1) is 13.8 Å². The number of nitrogens with two attached hydrogens (primary N) is 1. The van der Waals surface area contributed by atoms with Crippen LogP contribution in [-0.2, 0) is 4.79 Å². The monoisotopic (exact) mass is 234 g/mol. The number of carbonyl (C=O) groups excluding carboxylic acids is 1. The second-order valence-electron chi connectivity index (χ2n) is 4.60. The number of likely N-dealkylation sites (tertiary alicyclic amines) is 1. The van der Waals surface area contributed by atoms with E-state index in [1.807, 2.05) is 19.9 Å². The quantitative estimate of drug-likeness (QED) is 0.836. The van der Waals surface area contributed by atoms with Crippen LogP contribution < -0.4 is 5.73 Å². The van der Waals surface area contributed by atoms with Crippen LogP contribution >= 0.6 is 0 Å². The predicted octanol–water partition coefficient (Wildman–Crippen LogP) is 0.716. The molecule has 1 saturated heterocycles. The Morgan fingerprint density at radius 3 is 2.71 bits per heavy atom. The van der Waals surface area contributed by atoms with Crippen LogP contribution in [0.5, 0.6) is 0 Å². The molecule has 2 heterocycles. The predicted molar refractivity (Wildman–Crippen MR) is 64.2 cm³/mol. The Hall–Kier alpha value is -1.49. The minimum absolute atomic E-state index is 0.140. The number of aryl methyl sites for hydroxylation is 2. The van der Waals surface area contributed by atoms with Crippen molar-refractivity contribution in [1.82, 2.24) is 14.9 Å². The average Bonchev–Trinajstić information content (AvgIpc) is 2.63. The Kier molecular flexibility index (Phi) is 3.38. The summed E-state index contributed by atoms with van der Waals surface area (Å²) in [5.74, 6) is 0.530. The molecule has 1 aliphatic rings. The van der Waals surface area contributed by atoms with Crippen molar-refractivity contribution in [3.05, 3.63) is 23.3 Å². The Labute approximate surface area is 101 Å². The van der Waals surface area contributed by atoms with E-state index in [-0.39, 0.29) is 11.9 Å². The van der Waals surface area contributed by atoms with Crippen LogP contribution in [0.3, 0.4) is 0 Å². The summed E-state index contributed by atoms with van der Waals surface area (Å²) in [4.78, 5) is 22.0. The summed E-state index contributed by atoms with van der Waals surface area (Å²) in [6, 6.07) is 2.10. The van der Waals surface area contributed by atoms with Gasteiger partial charge in [-0.1, -0.05) is 0 Å². The minimum Gasteiger partial charge on any atom is -0.369 e. The number of primary amides is 1. The van der Waals surface area contributed by atoms with Crippen molar-refractivity contribution in [3.8, 4) is 0 Å². The second kappa shape index (κ2) is 4.79. The normalized spacial score (nSPS) is 20.7. The van der Waals surface area contributed by atoms with E-state index in [0.29, 0.717) is 6.54 Å². The molecule has 1 aromatic heterocycles.